The normalized spacial score (nSPS) is 12.0. The lowest BCUT2D eigenvalue weighted by Gasteiger charge is -2.03. The lowest BCUT2D eigenvalue weighted by atomic mass is 10.3. The average molecular weight is 282 g/mol. The first kappa shape index (κ1) is 12.4. The molecule has 10 heteroatoms. The van der Waals surface area contributed by atoms with Crippen LogP contribution >= 0.6 is 11.6 Å². The van der Waals surface area contributed by atoms with Crippen molar-refractivity contribution < 1.29 is 23.3 Å². The van der Waals surface area contributed by atoms with E-state index >= 15 is 0 Å². The van der Waals surface area contributed by atoms with Gasteiger partial charge in [0.25, 0.3) is 11.5 Å². The third-order valence-corrected chi connectivity index (χ3v) is 2.43. The number of hydrogen-bond acceptors (Lipinski definition) is 4. The molecule has 0 aliphatic rings. The summed E-state index contributed by atoms with van der Waals surface area (Å²) in [4.78, 5) is 12.8. The summed E-state index contributed by atoms with van der Waals surface area (Å²) in [5.41, 5.74) is -1.39. The van der Waals surface area contributed by atoms with Crippen molar-refractivity contribution in [2.45, 2.75) is 6.18 Å². The number of halogens is 4. The monoisotopic (exact) mass is 281 g/mol. The lowest BCUT2D eigenvalue weighted by molar-refractivity contribution is -0.384. The minimum atomic E-state index is -4.90. The van der Waals surface area contributed by atoms with Crippen molar-refractivity contribution >= 4 is 28.3 Å². The van der Waals surface area contributed by atoms with Crippen LogP contribution in [-0.2, 0) is 6.18 Å². The molecular weight excluding hydrogens is 279 g/mol. The topological polar surface area (TPSA) is 81.2 Å². The Morgan fingerprint density at radius 2 is 2.06 bits per heavy atom. The predicted molar refractivity (Wildman–Crippen MR) is 53.6 cm³/mol. The van der Waals surface area contributed by atoms with E-state index in [-0.39, 0.29) is 15.3 Å². The number of aromatic nitrogens is 2. The fraction of sp³-hybridized carbons (Fsp3) is 0.125. The van der Waals surface area contributed by atoms with Crippen molar-refractivity contribution in [3.63, 3.8) is 0 Å². The highest BCUT2D eigenvalue weighted by atomic mass is 35.5. The van der Waals surface area contributed by atoms with Gasteiger partial charge in [0.15, 0.2) is 0 Å². The molecule has 0 aliphatic heterocycles. The van der Waals surface area contributed by atoms with Crippen molar-refractivity contribution in [3.8, 4) is 0 Å². The average Bonchev–Trinajstić information content (AvgIpc) is 2.56. The maximum absolute atomic E-state index is 12.5. The standard InChI is InChI=1S/C8H3ClF3N3O3/c9-4-1-3(15(17)18)2-5-6(4)13-7(14(5)16)8(10,11)12/h1-2,16H. The number of rotatable bonds is 1. The molecule has 2 rings (SSSR count). The summed E-state index contributed by atoms with van der Waals surface area (Å²) in [6.07, 6.45) is -4.90. The van der Waals surface area contributed by atoms with Gasteiger partial charge in [-0.15, -0.1) is 0 Å². The Kier molecular flexibility index (Phi) is 2.58. The zero-order chi connectivity index (χ0) is 13.7. The highest BCUT2D eigenvalue weighted by Crippen LogP contribution is 2.34. The molecule has 0 fully saturated rings. The number of alkyl halides is 3. The molecule has 0 unspecified atom stereocenters. The summed E-state index contributed by atoms with van der Waals surface area (Å²) in [7, 11) is 0. The first-order valence-corrected chi connectivity index (χ1v) is 4.72. The zero-order valence-corrected chi connectivity index (χ0v) is 9.03. The van der Waals surface area contributed by atoms with Gasteiger partial charge in [-0.05, 0) is 0 Å². The van der Waals surface area contributed by atoms with Gasteiger partial charge in [0.2, 0.25) is 0 Å². The number of hydrogen-bond donors (Lipinski definition) is 1. The largest absolute Gasteiger partial charge is 0.453 e. The Balaban J connectivity index is 2.81. The van der Waals surface area contributed by atoms with Crippen LogP contribution in [0.5, 0.6) is 0 Å². The summed E-state index contributed by atoms with van der Waals surface area (Å²) in [5.74, 6) is -1.60. The van der Waals surface area contributed by atoms with Gasteiger partial charge in [0, 0.05) is 12.1 Å². The molecule has 0 saturated heterocycles. The summed E-state index contributed by atoms with van der Waals surface area (Å²) in [6.45, 7) is 0. The lowest BCUT2D eigenvalue weighted by Crippen LogP contribution is -2.13. The van der Waals surface area contributed by atoms with Gasteiger partial charge in [-0.3, -0.25) is 10.1 Å². The first-order valence-electron chi connectivity index (χ1n) is 4.34. The van der Waals surface area contributed by atoms with Crippen molar-refractivity contribution in [2.24, 2.45) is 0 Å². The number of imidazole rings is 1. The smallest absolute Gasteiger partial charge is 0.426 e. The maximum Gasteiger partial charge on any atom is 0.453 e. The van der Waals surface area contributed by atoms with E-state index in [1.807, 2.05) is 0 Å². The van der Waals surface area contributed by atoms with Gasteiger partial charge in [-0.25, -0.2) is 4.98 Å². The fourth-order valence-corrected chi connectivity index (χ4v) is 1.65. The molecule has 0 amide bonds. The zero-order valence-electron chi connectivity index (χ0n) is 8.27. The third kappa shape index (κ3) is 1.82. The maximum atomic E-state index is 12.5. The molecule has 6 nitrogen and oxygen atoms in total. The Morgan fingerprint density at radius 1 is 1.44 bits per heavy atom. The van der Waals surface area contributed by atoms with Crippen molar-refractivity contribution in [1.29, 1.82) is 0 Å². The molecule has 18 heavy (non-hydrogen) atoms. The van der Waals surface area contributed by atoms with E-state index in [2.05, 4.69) is 4.98 Å². The van der Waals surface area contributed by atoms with Crippen LogP contribution in [0.3, 0.4) is 0 Å². The molecule has 0 bridgehead atoms. The Bertz CT molecular complexity index is 652. The van der Waals surface area contributed by atoms with Gasteiger partial charge in [-0.2, -0.15) is 17.9 Å². The Labute approximate surface area is 101 Å². The minimum Gasteiger partial charge on any atom is -0.426 e. The SMILES string of the molecule is O=[N+]([O-])c1cc(Cl)c2nc(C(F)(F)F)n(O)c2c1. The van der Waals surface area contributed by atoms with E-state index in [9.17, 15) is 28.5 Å². The van der Waals surface area contributed by atoms with Crippen LogP contribution in [0.4, 0.5) is 18.9 Å². The molecule has 1 aromatic heterocycles. The van der Waals surface area contributed by atoms with Gasteiger partial charge in [0.05, 0.1) is 9.95 Å². The van der Waals surface area contributed by atoms with Crippen LogP contribution in [0.1, 0.15) is 5.82 Å². The van der Waals surface area contributed by atoms with E-state index in [0.717, 1.165) is 12.1 Å². The van der Waals surface area contributed by atoms with Crippen LogP contribution < -0.4 is 0 Å². The summed E-state index contributed by atoms with van der Waals surface area (Å²) >= 11 is 5.58. The molecule has 96 valence electrons. The first-order chi connectivity index (χ1) is 8.21. The summed E-state index contributed by atoms with van der Waals surface area (Å²) in [5, 5.41) is 19.5. The van der Waals surface area contributed by atoms with Gasteiger partial charge >= 0.3 is 6.18 Å². The molecule has 0 saturated carbocycles. The van der Waals surface area contributed by atoms with Crippen LogP contribution in [0, 0.1) is 10.1 Å². The van der Waals surface area contributed by atoms with Crippen LogP contribution in [0.25, 0.3) is 11.0 Å². The molecular formula is C8H3ClF3N3O3. The molecule has 1 heterocycles. The number of non-ortho nitro benzene ring substituents is 1. The highest BCUT2D eigenvalue weighted by molar-refractivity contribution is 6.35. The Morgan fingerprint density at radius 3 is 2.56 bits per heavy atom. The molecule has 0 aliphatic carbocycles. The Hall–Kier alpha value is -2.03. The number of benzene rings is 1. The number of fused-ring (bicyclic) bond motifs is 1. The van der Waals surface area contributed by atoms with Crippen molar-refractivity contribution in [3.05, 3.63) is 33.1 Å². The molecule has 0 spiro atoms. The van der Waals surface area contributed by atoms with Crippen LogP contribution in [0.2, 0.25) is 5.02 Å². The number of nitrogens with zero attached hydrogens (tertiary/aromatic N) is 3. The minimum absolute atomic E-state index is 0.270. The van der Waals surface area contributed by atoms with Gasteiger partial charge < -0.3 is 5.21 Å². The second kappa shape index (κ2) is 3.73. The predicted octanol–water partition coefficient (Wildman–Crippen LogP) is 2.85. The molecule has 0 atom stereocenters. The van der Waals surface area contributed by atoms with Crippen molar-refractivity contribution in [2.75, 3.05) is 0 Å². The van der Waals surface area contributed by atoms with E-state index in [1.54, 1.807) is 0 Å². The second-order valence-corrected chi connectivity index (χ2v) is 3.70. The third-order valence-electron chi connectivity index (χ3n) is 2.14. The van der Waals surface area contributed by atoms with E-state index in [0.29, 0.717) is 0 Å². The van der Waals surface area contributed by atoms with Crippen LogP contribution in [-0.4, -0.2) is 19.8 Å². The molecule has 1 aromatic carbocycles. The van der Waals surface area contributed by atoms with Gasteiger partial charge in [-0.1, -0.05) is 11.6 Å². The summed E-state index contributed by atoms with van der Waals surface area (Å²) in [6, 6.07) is 1.61. The van der Waals surface area contributed by atoms with Crippen molar-refractivity contribution in [1.82, 2.24) is 9.71 Å². The fourth-order valence-electron chi connectivity index (χ4n) is 1.40. The van der Waals surface area contributed by atoms with Gasteiger partial charge in [0.1, 0.15) is 11.0 Å². The number of nitro groups is 1. The highest BCUT2D eigenvalue weighted by Gasteiger charge is 2.38. The molecule has 1 N–H and O–H groups in total. The quantitative estimate of drug-likeness (QED) is 0.495. The van der Waals surface area contributed by atoms with E-state index < -0.39 is 28.1 Å². The van der Waals surface area contributed by atoms with E-state index in [1.165, 1.54) is 0 Å². The number of nitro benzene ring substituents is 1. The van der Waals surface area contributed by atoms with Crippen LogP contribution in [0.15, 0.2) is 12.1 Å². The molecule has 0 radical (unpaired) electrons. The molecule has 2 aromatic rings. The van der Waals surface area contributed by atoms with E-state index in [4.69, 9.17) is 11.6 Å². The summed E-state index contributed by atoms with van der Waals surface area (Å²) < 4.78 is 37.1. The second-order valence-electron chi connectivity index (χ2n) is 3.30.